The van der Waals surface area contributed by atoms with Gasteiger partial charge in [-0.2, -0.15) is 5.10 Å². The first kappa shape index (κ1) is 12.8. The standard InChI is InChI=1S/C12H13BrN4O/c1-7-11(8(2)17(3)16-7)12(18)15-10-4-5-14-6-9(10)13/h4-6H,1-3H3,(H,14,15,18). The molecular formula is C12H13BrN4O. The summed E-state index contributed by atoms with van der Waals surface area (Å²) in [4.78, 5) is 16.2. The summed E-state index contributed by atoms with van der Waals surface area (Å²) in [5.41, 5.74) is 2.87. The van der Waals surface area contributed by atoms with Crippen LogP contribution < -0.4 is 5.32 Å². The number of nitrogens with one attached hydrogen (secondary N) is 1. The van der Waals surface area contributed by atoms with E-state index in [0.717, 1.165) is 15.9 Å². The molecule has 0 aliphatic heterocycles. The van der Waals surface area contributed by atoms with Crippen LogP contribution in [0, 0.1) is 13.8 Å². The summed E-state index contributed by atoms with van der Waals surface area (Å²) in [5, 5.41) is 7.07. The molecule has 6 heteroatoms. The second-order valence-corrected chi connectivity index (χ2v) is 4.83. The lowest BCUT2D eigenvalue weighted by molar-refractivity contribution is 0.102. The predicted octanol–water partition coefficient (Wildman–Crippen LogP) is 2.45. The molecule has 0 aromatic carbocycles. The van der Waals surface area contributed by atoms with Crippen LogP contribution in [0.2, 0.25) is 0 Å². The van der Waals surface area contributed by atoms with Gasteiger partial charge in [0.2, 0.25) is 0 Å². The molecule has 0 bridgehead atoms. The molecule has 0 radical (unpaired) electrons. The molecule has 1 N–H and O–H groups in total. The van der Waals surface area contributed by atoms with Crippen LogP contribution in [0.4, 0.5) is 5.69 Å². The van der Waals surface area contributed by atoms with Gasteiger partial charge in [-0.25, -0.2) is 0 Å². The number of anilines is 1. The van der Waals surface area contributed by atoms with Crippen molar-refractivity contribution in [3.8, 4) is 0 Å². The number of carbonyl (C=O) groups is 1. The van der Waals surface area contributed by atoms with Gasteiger partial charge in [-0.1, -0.05) is 0 Å². The first-order valence-corrected chi connectivity index (χ1v) is 6.21. The third-order valence-corrected chi connectivity index (χ3v) is 3.39. The van der Waals surface area contributed by atoms with E-state index in [1.165, 1.54) is 0 Å². The topological polar surface area (TPSA) is 59.8 Å². The Hall–Kier alpha value is -1.69. The second kappa shape index (κ2) is 4.89. The van der Waals surface area contributed by atoms with Gasteiger partial charge in [0.1, 0.15) is 0 Å². The van der Waals surface area contributed by atoms with E-state index in [-0.39, 0.29) is 5.91 Å². The SMILES string of the molecule is Cc1nn(C)c(C)c1C(=O)Nc1ccncc1Br. The molecule has 0 saturated carbocycles. The lowest BCUT2D eigenvalue weighted by atomic mass is 10.2. The molecule has 0 unspecified atom stereocenters. The molecule has 0 aliphatic rings. The Morgan fingerprint density at radius 3 is 2.72 bits per heavy atom. The fourth-order valence-electron chi connectivity index (χ4n) is 1.76. The number of pyridine rings is 1. The van der Waals surface area contributed by atoms with E-state index in [4.69, 9.17) is 0 Å². The maximum Gasteiger partial charge on any atom is 0.259 e. The van der Waals surface area contributed by atoms with E-state index in [2.05, 4.69) is 31.3 Å². The van der Waals surface area contributed by atoms with Crippen molar-refractivity contribution in [2.75, 3.05) is 5.32 Å². The van der Waals surface area contributed by atoms with Crippen molar-refractivity contribution in [2.24, 2.45) is 7.05 Å². The number of hydrogen-bond donors (Lipinski definition) is 1. The van der Waals surface area contributed by atoms with Gasteiger partial charge < -0.3 is 5.32 Å². The highest BCUT2D eigenvalue weighted by molar-refractivity contribution is 9.10. The Bertz CT molecular complexity index is 606. The number of hydrogen-bond acceptors (Lipinski definition) is 3. The number of aromatic nitrogens is 3. The monoisotopic (exact) mass is 308 g/mol. The zero-order chi connectivity index (χ0) is 13.3. The predicted molar refractivity (Wildman–Crippen MR) is 72.6 cm³/mol. The average Bonchev–Trinajstić information content (AvgIpc) is 2.56. The Morgan fingerprint density at radius 1 is 1.44 bits per heavy atom. The van der Waals surface area contributed by atoms with Crippen LogP contribution >= 0.6 is 15.9 Å². The summed E-state index contributed by atoms with van der Waals surface area (Å²) < 4.78 is 2.45. The quantitative estimate of drug-likeness (QED) is 0.927. The molecule has 18 heavy (non-hydrogen) atoms. The number of amides is 1. The minimum absolute atomic E-state index is 0.162. The van der Waals surface area contributed by atoms with Gasteiger partial charge in [-0.3, -0.25) is 14.5 Å². The number of carbonyl (C=O) groups excluding carboxylic acids is 1. The number of rotatable bonds is 2. The second-order valence-electron chi connectivity index (χ2n) is 3.98. The van der Waals surface area contributed by atoms with Gasteiger partial charge in [-0.15, -0.1) is 0 Å². The molecule has 0 atom stereocenters. The molecule has 0 saturated heterocycles. The van der Waals surface area contributed by atoms with Crippen molar-refractivity contribution in [3.05, 3.63) is 39.9 Å². The number of aryl methyl sites for hydroxylation is 2. The Labute approximate surface area is 113 Å². The van der Waals surface area contributed by atoms with Crippen molar-refractivity contribution in [1.82, 2.24) is 14.8 Å². The van der Waals surface area contributed by atoms with Crippen molar-refractivity contribution < 1.29 is 4.79 Å². The molecule has 94 valence electrons. The summed E-state index contributed by atoms with van der Waals surface area (Å²) in [6.45, 7) is 3.69. The summed E-state index contributed by atoms with van der Waals surface area (Å²) >= 11 is 3.34. The zero-order valence-electron chi connectivity index (χ0n) is 10.4. The van der Waals surface area contributed by atoms with Crippen LogP contribution in [-0.2, 0) is 7.05 Å². The van der Waals surface area contributed by atoms with Crippen LogP contribution in [0.25, 0.3) is 0 Å². The minimum Gasteiger partial charge on any atom is -0.321 e. The molecule has 0 spiro atoms. The third-order valence-electron chi connectivity index (χ3n) is 2.76. The fourth-order valence-corrected chi connectivity index (χ4v) is 2.11. The summed E-state index contributed by atoms with van der Waals surface area (Å²) in [6, 6.07) is 1.74. The highest BCUT2D eigenvalue weighted by Crippen LogP contribution is 2.22. The summed E-state index contributed by atoms with van der Waals surface area (Å²) in [5.74, 6) is -0.162. The molecule has 0 fully saturated rings. The maximum absolute atomic E-state index is 12.2. The highest BCUT2D eigenvalue weighted by atomic mass is 79.9. The van der Waals surface area contributed by atoms with E-state index in [0.29, 0.717) is 11.3 Å². The Morgan fingerprint density at radius 2 is 2.17 bits per heavy atom. The lowest BCUT2D eigenvalue weighted by Gasteiger charge is -2.07. The number of nitrogens with zero attached hydrogens (tertiary/aromatic N) is 3. The normalized spacial score (nSPS) is 10.4. The molecule has 2 aromatic rings. The molecule has 2 aromatic heterocycles. The largest absolute Gasteiger partial charge is 0.321 e. The molecule has 0 aliphatic carbocycles. The summed E-state index contributed by atoms with van der Waals surface area (Å²) in [6.07, 6.45) is 3.27. The fraction of sp³-hybridized carbons (Fsp3) is 0.250. The Kier molecular flexibility index (Phi) is 3.47. The molecule has 2 rings (SSSR count). The van der Waals surface area contributed by atoms with Crippen molar-refractivity contribution in [3.63, 3.8) is 0 Å². The van der Waals surface area contributed by atoms with Crippen molar-refractivity contribution in [2.45, 2.75) is 13.8 Å². The maximum atomic E-state index is 12.2. The first-order valence-electron chi connectivity index (χ1n) is 5.41. The van der Waals surface area contributed by atoms with Gasteiger partial charge in [0.25, 0.3) is 5.91 Å². The number of halogens is 1. The van der Waals surface area contributed by atoms with Gasteiger partial charge in [0.15, 0.2) is 0 Å². The molecular weight excluding hydrogens is 296 g/mol. The van der Waals surface area contributed by atoms with Gasteiger partial charge in [-0.05, 0) is 35.8 Å². The molecule has 2 heterocycles. The lowest BCUT2D eigenvalue weighted by Crippen LogP contribution is -2.14. The van der Waals surface area contributed by atoms with E-state index in [9.17, 15) is 4.79 Å². The van der Waals surface area contributed by atoms with E-state index >= 15 is 0 Å². The van der Waals surface area contributed by atoms with Crippen LogP contribution in [0.3, 0.4) is 0 Å². The summed E-state index contributed by atoms with van der Waals surface area (Å²) in [7, 11) is 1.82. The van der Waals surface area contributed by atoms with E-state index in [1.54, 1.807) is 23.1 Å². The van der Waals surface area contributed by atoms with Crippen molar-refractivity contribution in [1.29, 1.82) is 0 Å². The third kappa shape index (κ3) is 2.28. The van der Waals surface area contributed by atoms with E-state index < -0.39 is 0 Å². The first-order chi connectivity index (χ1) is 8.50. The molecule has 1 amide bonds. The average molecular weight is 309 g/mol. The molecule has 5 nitrogen and oxygen atoms in total. The van der Waals surface area contributed by atoms with E-state index in [1.807, 2.05) is 20.9 Å². The minimum atomic E-state index is -0.162. The zero-order valence-corrected chi connectivity index (χ0v) is 11.9. The van der Waals surface area contributed by atoms with Crippen LogP contribution in [0.5, 0.6) is 0 Å². The van der Waals surface area contributed by atoms with Gasteiger partial charge in [0.05, 0.1) is 21.4 Å². The van der Waals surface area contributed by atoms with Crippen LogP contribution in [0.1, 0.15) is 21.7 Å². The van der Waals surface area contributed by atoms with Crippen molar-refractivity contribution >= 4 is 27.5 Å². The van der Waals surface area contributed by atoms with Crippen LogP contribution in [0.15, 0.2) is 22.9 Å². The smallest absolute Gasteiger partial charge is 0.259 e. The highest BCUT2D eigenvalue weighted by Gasteiger charge is 2.17. The van der Waals surface area contributed by atoms with Crippen LogP contribution in [-0.4, -0.2) is 20.7 Å². The van der Waals surface area contributed by atoms with Gasteiger partial charge >= 0.3 is 0 Å². The van der Waals surface area contributed by atoms with Gasteiger partial charge in [0, 0.05) is 25.1 Å². The Balaban J connectivity index is 2.31.